The minimum absolute atomic E-state index is 0.132. The fraction of sp³-hybridized carbons (Fsp3) is 0.818. The van der Waals surface area contributed by atoms with Gasteiger partial charge in [0.2, 0.25) is 5.91 Å². The number of rotatable bonds is 1. The normalized spacial score (nSPS) is 22.6. The van der Waals surface area contributed by atoms with E-state index in [1.165, 1.54) is 4.90 Å². The van der Waals surface area contributed by atoms with E-state index in [4.69, 9.17) is 5.11 Å². The van der Waals surface area contributed by atoms with Gasteiger partial charge in [-0.05, 0) is 25.9 Å². The van der Waals surface area contributed by atoms with E-state index in [0.717, 1.165) is 25.9 Å². The second-order valence-corrected chi connectivity index (χ2v) is 4.62. The van der Waals surface area contributed by atoms with Crippen molar-refractivity contribution in [3.8, 4) is 0 Å². The summed E-state index contributed by atoms with van der Waals surface area (Å²) in [4.78, 5) is 26.1. The van der Waals surface area contributed by atoms with Crippen LogP contribution in [0.2, 0.25) is 0 Å². The molecule has 0 radical (unpaired) electrons. The number of carbonyl (C=O) groups is 2. The topological polar surface area (TPSA) is 72.9 Å². The number of piperazine rings is 1. The Kier molecular flexibility index (Phi) is 3.83. The molecule has 2 amide bonds. The smallest absolute Gasteiger partial charge is 0.407 e. The van der Waals surface area contributed by atoms with Crippen molar-refractivity contribution in [1.82, 2.24) is 15.1 Å². The predicted octanol–water partition coefficient (Wildman–Crippen LogP) is -0.192. The average molecular weight is 241 g/mol. The Morgan fingerprint density at radius 3 is 2.06 bits per heavy atom. The summed E-state index contributed by atoms with van der Waals surface area (Å²) in [5.74, 6) is 0.337. The minimum atomic E-state index is -0.890. The third-order valence-electron chi connectivity index (χ3n) is 3.55. The first-order valence-electron chi connectivity index (χ1n) is 6.16. The summed E-state index contributed by atoms with van der Waals surface area (Å²) in [6, 6.07) is 0. The van der Waals surface area contributed by atoms with E-state index < -0.39 is 6.09 Å². The molecule has 2 rings (SSSR count). The number of nitrogens with one attached hydrogen (secondary N) is 1. The van der Waals surface area contributed by atoms with Gasteiger partial charge in [0.05, 0.1) is 0 Å². The molecule has 6 heteroatoms. The van der Waals surface area contributed by atoms with Crippen LogP contribution in [0.25, 0.3) is 0 Å². The highest BCUT2D eigenvalue weighted by atomic mass is 16.4. The zero-order chi connectivity index (χ0) is 12.3. The number of piperidine rings is 1. The van der Waals surface area contributed by atoms with Crippen LogP contribution in [0.1, 0.15) is 12.8 Å². The molecule has 2 N–H and O–H groups in total. The van der Waals surface area contributed by atoms with Crippen LogP contribution in [-0.2, 0) is 4.79 Å². The van der Waals surface area contributed by atoms with Gasteiger partial charge in [-0.1, -0.05) is 0 Å². The lowest BCUT2D eigenvalue weighted by molar-refractivity contribution is -0.137. The van der Waals surface area contributed by atoms with Crippen LogP contribution in [0.15, 0.2) is 0 Å². The lowest BCUT2D eigenvalue weighted by Crippen LogP contribution is -2.52. The monoisotopic (exact) mass is 241 g/mol. The molecule has 0 unspecified atom stereocenters. The van der Waals surface area contributed by atoms with Gasteiger partial charge in [-0.2, -0.15) is 0 Å². The Morgan fingerprint density at radius 1 is 1.00 bits per heavy atom. The maximum absolute atomic E-state index is 12.2. The first-order chi connectivity index (χ1) is 8.18. The first-order valence-corrected chi connectivity index (χ1v) is 6.16. The van der Waals surface area contributed by atoms with E-state index >= 15 is 0 Å². The van der Waals surface area contributed by atoms with E-state index in [2.05, 4.69) is 5.32 Å². The van der Waals surface area contributed by atoms with E-state index in [0.29, 0.717) is 26.2 Å². The van der Waals surface area contributed by atoms with Gasteiger partial charge < -0.3 is 20.2 Å². The fourth-order valence-corrected chi connectivity index (χ4v) is 2.45. The van der Waals surface area contributed by atoms with Gasteiger partial charge in [-0.3, -0.25) is 4.79 Å². The average Bonchev–Trinajstić information content (AvgIpc) is 2.39. The predicted molar refractivity (Wildman–Crippen MR) is 61.8 cm³/mol. The van der Waals surface area contributed by atoms with Crippen LogP contribution in [0.5, 0.6) is 0 Å². The van der Waals surface area contributed by atoms with Crippen molar-refractivity contribution in [3.63, 3.8) is 0 Å². The van der Waals surface area contributed by atoms with Crippen molar-refractivity contribution >= 4 is 12.0 Å². The number of hydrogen-bond acceptors (Lipinski definition) is 3. The van der Waals surface area contributed by atoms with Crippen molar-refractivity contribution in [1.29, 1.82) is 0 Å². The summed E-state index contributed by atoms with van der Waals surface area (Å²) < 4.78 is 0. The van der Waals surface area contributed by atoms with Crippen molar-refractivity contribution in [2.24, 2.45) is 5.92 Å². The van der Waals surface area contributed by atoms with Crippen LogP contribution in [-0.4, -0.2) is 66.2 Å². The highest BCUT2D eigenvalue weighted by Gasteiger charge is 2.29. The lowest BCUT2D eigenvalue weighted by Gasteiger charge is -2.36. The molecular formula is C11H19N3O3. The van der Waals surface area contributed by atoms with Gasteiger partial charge in [0.1, 0.15) is 0 Å². The van der Waals surface area contributed by atoms with Gasteiger partial charge in [-0.25, -0.2) is 4.79 Å². The van der Waals surface area contributed by atoms with Crippen LogP contribution in [0.3, 0.4) is 0 Å². The standard InChI is InChI=1S/C11H19N3O3/c15-10(9-1-3-12-4-2-9)13-5-7-14(8-6-13)11(16)17/h9,12H,1-8H2,(H,16,17). The Balaban J connectivity index is 1.83. The molecule has 96 valence electrons. The third-order valence-corrected chi connectivity index (χ3v) is 3.55. The second-order valence-electron chi connectivity index (χ2n) is 4.62. The molecule has 2 aliphatic heterocycles. The van der Waals surface area contributed by atoms with Crippen LogP contribution < -0.4 is 5.32 Å². The molecule has 17 heavy (non-hydrogen) atoms. The zero-order valence-electron chi connectivity index (χ0n) is 9.89. The number of carboxylic acid groups (broad SMARTS) is 1. The van der Waals surface area contributed by atoms with Gasteiger partial charge in [-0.15, -0.1) is 0 Å². The Hall–Kier alpha value is -1.30. The number of nitrogens with zero attached hydrogens (tertiary/aromatic N) is 2. The van der Waals surface area contributed by atoms with Gasteiger partial charge >= 0.3 is 6.09 Å². The van der Waals surface area contributed by atoms with Crippen molar-refractivity contribution in [3.05, 3.63) is 0 Å². The Morgan fingerprint density at radius 2 is 1.53 bits per heavy atom. The third kappa shape index (κ3) is 2.88. The number of carbonyl (C=O) groups excluding carboxylic acids is 1. The molecule has 6 nitrogen and oxygen atoms in total. The molecule has 2 fully saturated rings. The molecule has 2 saturated heterocycles. The van der Waals surface area contributed by atoms with Crippen LogP contribution in [0.4, 0.5) is 4.79 Å². The summed E-state index contributed by atoms with van der Waals surface area (Å²) in [5, 5.41) is 12.1. The van der Waals surface area contributed by atoms with Crippen molar-refractivity contribution < 1.29 is 14.7 Å². The zero-order valence-corrected chi connectivity index (χ0v) is 9.89. The second kappa shape index (κ2) is 5.35. The van der Waals surface area contributed by atoms with Gasteiger partial charge in [0, 0.05) is 32.1 Å². The highest BCUT2D eigenvalue weighted by molar-refractivity contribution is 5.79. The summed E-state index contributed by atoms with van der Waals surface area (Å²) in [5.41, 5.74) is 0. The van der Waals surface area contributed by atoms with Crippen LogP contribution in [0, 0.1) is 5.92 Å². The van der Waals surface area contributed by atoms with Crippen molar-refractivity contribution in [2.45, 2.75) is 12.8 Å². The summed E-state index contributed by atoms with van der Waals surface area (Å²) in [6.45, 7) is 3.76. The summed E-state index contributed by atoms with van der Waals surface area (Å²) in [7, 11) is 0. The maximum Gasteiger partial charge on any atom is 0.407 e. The van der Waals surface area contributed by atoms with Gasteiger partial charge in [0.15, 0.2) is 0 Å². The summed E-state index contributed by atoms with van der Waals surface area (Å²) in [6.07, 6.45) is 0.912. The molecule has 2 aliphatic rings. The molecule has 0 aliphatic carbocycles. The van der Waals surface area contributed by atoms with E-state index in [9.17, 15) is 9.59 Å². The molecule has 0 spiro atoms. The number of hydrogen-bond donors (Lipinski definition) is 2. The van der Waals surface area contributed by atoms with E-state index in [1.807, 2.05) is 4.90 Å². The van der Waals surface area contributed by atoms with E-state index in [1.54, 1.807) is 0 Å². The largest absolute Gasteiger partial charge is 0.465 e. The van der Waals surface area contributed by atoms with E-state index in [-0.39, 0.29) is 11.8 Å². The highest BCUT2D eigenvalue weighted by Crippen LogP contribution is 2.16. The Bertz CT molecular complexity index is 294. The molecule has 0 aromatic rings. The molecular weight excluding hydrogens is 222 g/mol. The number of amides is 2. The molecule has 2 heterocycles. The minimum Gasteiger partial charge on any atom is -0.465 e. The summed E-state index contributed by atoms with van der Waals surface area (Å²) >= 11 is 0. The maximum atomic E-state index is 12.2. The van der Waals surface area contributed by atoms with Crippen molar-refractivity contribution in [2.75, 3.05) is 39.3 Å². The molecule has 0 atom stereocenters. The lowest BCUT2D eigenvalue weighted by atomic mass is 9.96. The molecule has 0 saturated carbocycles. The first kappa shape index (κ1) is 12.2. The van der Waals surface area contributed by atoms with Gasteiger partial charge in [0.25, 0.3) is 0 Å². The SMILES string of the molecule is O=C(O)N1CCN(C(=O)C2CCNCC2)CC1. The quantitative estimate of drug-likeness (QED) is 0.667. The molecule has 0 bridgehead atoms. The molecule has 0 aromatic heterocycles. The fourth-order valence-electron chi connectivity index (χ4n) is 2.45. The Labute approximate surface area is 101 Å². The molecule has 0 aromatic carbocycles. The van der Waals surface area contributed by atoms with Crippen LogP contribution >= 0.6 is 0 Å².